The fraction of sp³-hybridized carbons (Fsp3) is 0.467. The molecule has 1 aliphatic rings. The summed E-state index contributed by atoms with van der Waals surface area (Å²) in [7, 11) is 0. The summed E-state index contributed by atoms with van der Waals surface area (Å²) in [5, 5.41) is 9.30. The molecule has 0 radical (unpaired) electrons. The lowest BCUT2D eigenvalue weighted by molar-refractivity contribution is -0.157. The summed E-state index contributed by atoms with van der Waals surface area (Å²) in [6.07, 6.45) is 0. The smallest absolute Gasteiger partial charge is 0.329 e. The zero-order valence-corrected chi connectivity index (χ0v) is 11.9. The van der Waals surface area contributed by atoms with Crippen molar-refractivity contribution in [1.82, 2.24) is 4.90 Å². The first kappa shape index (κ1) is 14.4. The van der Waals surface area contributed by atoms with E-state index in [1.165, 1.54) is 4.90 Å². The third-order valence-corrected chi connectivity index (χ3v) is 3.78. The molecule has 1 aromatic rings. The molecule has 1 heterocycles. The minimum Gasteiger partial charge on any atom is -0.492 e. The maximum Gasteiger partial charge on any atom is 0.329 e. The predicted octanol–water partition coefficient (Wildman–Crippen LogP) is 1.87. The molecule has 0 saturated carbocycles. The van der Waals surface area contributed by atoms with Gasteiger partial charge in [0, 0.05) is 12.1 Å². The van der Waals surface area contributed by atoms with E-state index < -0.39 is 17.4 Å². The second kappa shape index (κ2) is 5.15. The van der Waals surface area contributed by atoms with Crippen molar-refractivity contribution in [1.29, 1.82) is 0 Å². The van der Waals surface area contributed by atoms with Crippen LogP contribution in [0.25, 0.3) is 0 Å². The van der Waals surface area contributed by atoms with Crippen LogP contribution in [0.1, 0.15) is 32.3 Å². The number of likely N-dealkylation sites (N-methyl/N-ethyl adjacent to an activating group) is 1. The Morgan fingerprint density at radius 1 is 1.40 bits per heavy atom. The highest BCUT2D eigenvalue weighted by Crippen LogP contribution is 2.35. The van der Waals surface area contributed by atoms with Crippen LogP contribution in [0.2, 0.25) is 0 Å². The van der Waals surface area contributed by atoms with Crippen molar-refractivity contribution >= 4 is 11.9 Å². The van der Waals surface area contributed by atoms with Gasteiger partial charge in [-0.1, -0.05) is 18.2 Å². The lowest BCUT2D eigenvalue weighted by Gasteiger charge is -2.35. The Kier molecular flexibility index (Phi) is 3.70. The summed E-state index contributed by atoms with van der Waals surface area (Å²) in [6, 6.07) is 7.38. The first-order valence-corrected chi connectivity index (χ1v) is 6.66. The lowest BCUT2D eigenvalue weighted by atomic mass is 9.95. The second-order valence-electron chi connectivity index (χ2n) is 5.35. The Morgan fingerprint density at radius 3 is 2.65 bits per heavy atom. The van der Waals surface area contributed by atoms with Crippen LogP contribution in [-0.2, 0) is 9.59 Å². The number of benzene rings is 1. The van der Waals surface area contributed by atoms with Crippen molar-refractivity contribution in [2.75, 3.05) is 13.2 Å². The molecular weight excluding hydrogens is 258 g/mol. The van der Waals surface area contributed by atoms with Gasteiger partial charge in [-0.25, -0.2) is 4.79 Å². The number of nitrogens with zero attached hydrogens (tertiary/aromatic N) is 1. The van der Waals surface area contributed by atoms with Gasteiger partial charge >= 0.3 is 5.97 Å². The van der Waals surface area contributed by atoms with Crippen LogP contribution in [0.15, 0.2) is 24.3 Å². The molecule has 0 fully saturated rings. The van der Waals surface area contributed by atoms with E-state index in [4.69, 9.17) is 4.74 Å². The van der Waals surface area contributed by atoms with Crippen molar-refractivity contribution in [3.05, 3.63) is 29.8 Å². The molecule has 1 amide bonds. The number of aliphatic carboxylic acids is 1. The summed E-state index contributed by atoms with van der Waals surface area (Å²) >= 11 is 0. The van der Waals surface area contributed by atoms with Gasteiger partial charge in [-0.3, -0.25) is 4.79 Å². The van der Waals surface area contributed by atoms with E-state index in [9.17, 15) is 14.7 Å². The normalized spacial score (nSPS) is 17.2. The molecule has 1 aliphatic heterocycles. The molecule has 0 aliphatic carbocycles. The van der Waals surface area contributed by atoms with E-state index in [0.29, 0.717) is 12.3 Å². The summed E-state index contributed by atoms with van der Waals surface area (Å²) in [5.41, 5.74) is -0.402. The molecule has 1 unspecified atom stereocenters. The van der Waals surface area contributed by atoms with Gasteiger partial charge in [0.1, 0.15) is 23.8 Å². The minimum absolute atomic E-state index is 0.204. The molecule has 108 valence electrons. The molecule has 1 N–H and O–H groups in total. The number of hydrogen-bond donors (Lipinski definition) is 1. The van der Waals surface area contributed by atoms with Crippen LogP contribution >= 0.6 is 0 Å². The van der Waals surface area contributed by atoms with Crippen molar-refractivity contribution in [3.8, 4) is 5.75 Å². The largest absolute Gasteiger partial charge is 0.492 e. The van der Waals surface area contributed by atoms with E-state index in [2.05, 4.69) is 0 Å². The Labute approximate surface area is 118 Å². The summed E-state index contributed by atoms with van der Waals surface area (Å²) in [6.45, 7) is 5.47. The number of amides is 1. The molecule has 5 heteroatoms. The molecule has 0 bridgehead atoms. The SMILES string of the molecule is CCN(C(=O)C1COc2ccccc21)C(C)(C)C(=O)O. The van der Waals surface area contributed by atoms with Crippen LogP contribution in [-0.4, -0.2) is 40.6 Å². The maximum absolute atomic E-state index is 12.7. The Morgan fingerprint density at radius 2 is 2.05 bits per heavy atom. The van der Waals surface area contributed by atoms with Crippen LogP contribution in [0.4, 0.5) is 0 Å². The molecule has 5 nitrogen and oxygen atoms in total. The monoisotopic (exact) mass is 277 g/mol. The van der Waals surface area contributed by atoms with Crippen LogP contribution in [0.3, 0.4) is 0 Å². The van der Waals surface area contributed by atoms with Crippen molar-refractivity contribution in [3.63, 3.8) is 0 Å². The molecule has 1 aromatic carbocycles. The van der Waals surface area contributed by atoms with Gasteiger partial charge in [-0.15, -0.1) is 0 Å². The van der Waals surface area contributed by atoms with E-state index >= 15 is 0 Å². The van der Waals surface area contributed by atoms with Gasteiger partial charge in [0.2, 0.25) is 5.91 Å². The van der Waals surface area contributed by atoms with Crippen molar-refractivity contribution in [2.45, 2.75) is 32.2 Å². The quantitative estimate of drug-likeness (QED) is 0.912. The summed E-state index contributed by atoms with van der Waals surface area (Å²) in [4.78, 5) is 25.4. The highest BCUT2D eigenvalue weighted by atomic mass is 16.5. The standard InChI is InChI=1S/C15H19NO4/c1-4-16(15(2,3)14(18)19)13(17)11-9-20-12-8-6-5-7-10(11)12/h5-8,11H,4,9H2,1-3H3,(H,18,19). The Hall–Kier alpha value is -2.04. The van der Waals surface area contributed by atoms with E-state index in [1.54, 1.807) is 20.8 Å². The van der Waals surface area contributed by atoms with Crippen LogP contribution < -0.4 is 4.74 Å². The zero-order chi connectivity index (χ0) is 14.9. The second-order valence-corrected chi connectivity index (χ2v) is 5.35. The van der Waals surface area contributed by atoms with Gasteiger partial charge in [0.15, 0.2) is 0 Å². The molecule has 0 aromatic heterocycles. The molecule has 0 spiro atoms. The maximum atomic E-state index is 12.7. The summed E-state index contributed by atoms with van der Waals surface area (Å²) < 4.78 is 5.51. The third kappa shape index (κ3) is 2.24. The number of carbonyl (C=O) groups excluding carboxylic acids is 1. The number of rotatable bonds is 4. The number of hydrogen-bond acceptors (Lipinski definition) is 3. The van der Waals surface area contributed by atoms with E-state index in [0.717, 1.165) is 5.56 Å². The Balaban J connectivity index is 2.30. The molecule has 0 saturated heterocycles. The molecule has 20 heavy (non-hydrogen) atoms. The number of para-hydroxylation sites is 1. The van der Waals surface area contributed by atoms with Gasteiger partial charge < -0.3 is 14.7 Å². The van der Waals surface area contributed by atoms with Crippen molar-refractivity contribution < 1.29 is 19.4 Å². The van der Waals surface area contributed by atoms with Gasteiger partial charge in [0.05, 0.1) is 0 Å². The minimum atomic E-state index is -1.23. The van der Waals surface area contributed by atoms with Crippen molar-refractivity contribution in [2.24, 2.45) is 0 Å². The molecular formula is C15H19NO4. The van der Waals surface area contributed by atoms with Gasteiger partial charge in [0.25, 0.3) is 0 Å². The van der Waals surface area contributed by atoms with Crippen LogP contribution in [0, 0.1) is 0 Å². The number of carboxylic acids is 1. The highest BCUT2D eigenvalue weighted by Gasteiger charge is 2.42. The Bertz CT molecular complexity index is 538. The first-order valence-electron chi connectivity index (χ1n) is 6.66. The summed E-state index contributed by atoms with van der Waals surface area (Å²) in [5.74, 6) is -0.940. The van der Waals surface area contributed by atoms with Gasteiger partial charge in [-0.05, 0) is 26.8 Å². The zero-order valence-electron chi connectivity index (χ0n) is 11.9. The van der Waals surface area contributed by atoms with E-state index in [1.807, 2.05) is 24.3 Å². The number of fused-ring (bicyclic) bond motifs is 1. The first-order chi connectivity index (χ1) is 9.39. The average Bonchev–Trinajstić information content (AvgIpc) is 2.82. The predicted molar refractivity (Wildman–Crippen MR) is 73.8 cm³/mol. The fourth-order valence-electron chi connectivity index (χ4n) is 2.50. The fourth-order valence-corrected chi connectivity index (χ4v) is 2.50. The average molecular weight is 277 g/mol. The number of carboxylic acid groups (broad SMARTS) is 1. The molecule has 1 atom stereocenters. The van der Waals surface area contributed by atoms with Crippen LogP contribution in [0.5, 0.6) is 5.75 Å². The number of ether oxygens (including phenoxy) is 1. The molecule has 2 rings (SSSR count). The van der Waals surface area contributed by atoms with Gasteiger partial charge in [-0.2, -0.15) is 0 Å². The topological polar surface area (TPSA) is 66.8 Å². The van der Waals surface area contributed by atoms with E-state index in [-0.39, 0.29) is 12.5 Å². The third-order valence-electron chi connectivity index (χ3n) is 3.78. The number of carbonyl (C=O) groups is 2. The highest BCUT2D eigenvalue weighted by molar-refractivity contribution is 5.91. The lowest BCUT2D eigenvalue weighted by Crippen LogP contribution is -2.54.